The van der Waals surface area contributed by atoms with Gasteiger partial charge in [0.15, 0.2) is 15.5 Å². The minimum atomic E-state index is -3.24. The van der Waals surface area contributed by atoms with Crippen molar-refractivity contribution in [2.24, 2.45) is 10.2 Å². The number of hydrogen-bond donors (Lipinski definition) is 2. The molecule has 0 aliphatic carbocycles. The summed E-state index contributed by atoms with van der Waals surface area (Å²) in [7, 11) is -3.24. The number of nitrogens with one attached hydrogen (secondary N) is 1. The second-order valence-electron chi connectivity index (χ2n) is 4.98. The maximum atomic E-state index is 11.4. The van der Waals surface area contributed by atoms with Crippen LogP contribution in [0, 0.1) is 0 Å². The lowest BCUT2D eigenvalue weighted by atomic mass is 10.2. The maximum Gasteiger partial charge on any atom is 0.218 e. The summed E-state index contributed by atoms with van der Waals surface area (Å²) >= 11 is 3.37. The van der Waals surface area contributed by atoms with Gasteiger partial charge in [0.2, 0.25) is 5.88 Å². The summed E-state index contributed by atoms with van der Waals surface area (Å²) in [4.78, 5) is 3.04. The molecule has 0 saturated heterocycles. The van der Waals surface area contributed by atoms with Gasteiger partial charge in [0.1, 0.15) is 0 Å². The van der Waals surface area contributed by atoms with Crippen LogP contribution < -0.4 is 0 Å². The van der Waals surface area contributed by atoms with Crippen molar-refractivity contribution in [1.29, 1.82) is 0 Å². The number of H-pyrrole nitrogens is 1. The molecule has 0 fully saturated rings. The fraction of sp³-hybridized carbons (Fsp3) is 0.0667. The summed E-state index contributed by atoms with van der Waals surface area (Å²) in [5.41, 5.74) is 1.56. The molecule has 2 aromatic carbocycles. The molecule has 6 nitrogen and oxygen atoms in total. The molecule has 0 bridgehead atoms. The van der Waals surface area contributed by atoms with Crippen molar-refractivity contribution in [2.45, 2.75) is 4.90 Å². The molecule has 2 N–H and O–H groups in total. The number of halogens is 1. The van der Waals surface area contributed by atoms with Crippen LogP contribution in [0.5, 0.6) is 5.88 Å². The number of aromatic amines is 1. The van der Waals surface area contributed by atoms with Gasteiger partial charge in [-0.1, -0.05) is 15.9 Å². The minimum absolute atomic E-state index is 0.0744. The maximum absolute atomic E-state index is 11.4. The van der Waals surface area contributed by atoms with Crippen molar-refractivity contribution in [3.63, 3.8) is 0 Å². The Kier molecular flexibility index (Phi) is 3.95. The van der Waals surface area contributed by atoms with Crippen molar-refractivity contribution in [2.75, 3.05) is 6.26 Å². The lowest BCUT2D eigenvalue weighted by Gasteiger charge is -1.98. The highest BCUT2D eigenvalue weighted by molar-refractivity contribution is 9.10. The molecule has 0 spiro atoms. The van der Waals surface area contributed by atoms with Gasteiger partial charge < -0.3 is 10.1 Å². The molecular formula is C15H12BrN3O3S. The third-order valence-electron chi connectivity index (χ3n) is 3.24. The van der Waals surface area contributed by atoms with E-state index in [2.05, 4.69) is 31.1 Å². The predicted molar refractivity (Wildman–Crippen MR) is 91.4 cm³/mol. The fourth-order valence-electron chi connectivity index (χ4n) is 2.10. The molecule has 8 heteroatoms. The molecular weight excluding hydrogens is 382 g/mol. The number of aromatic hydroxyl groups is 1. The molecule has 0 saturated carbocycles. The van der Waals surface area contributed by atoms with Crippen LogP contribution in [0.3, 0.4) is 0 Å². The first kappa shape index (κ1) is 15.7. The summed E-state index contributed by atoms with van der Waals surface area (Å²) in [6.45, 7) is 0. The van der Waals surface area contributed by atoms with Gasteiger partial charge >= 0.3 is 0 Å². The van der Waals surface area contributed by atoms with Crippen LogP contribution in [0.25, 0.3) is 10.9 Å². The van der Waals surface area contributed by atoms with E-state index in [4.69, 9.17) is 0 Å². The Morgan fingerprint density at radius 2 is 1.78 bits per heavy atom. The average molecular weight is 394 g/mol. The highest BCUT2D eigenvalue weighted by Gasteiger charge is 2.11. The summed E-state index contributed by atoms with van der Waals surface area (Å²) < 4.78 is 23.7. The largest absolute Gasteiger partial charge is 0.493 e. The van der Waals surface area contributed by atoms with Crippen molar-refractivity contribution in [1.82, 2.24) is 4.98 Å². The summed E-state index contributed by atoms with van der Waals surface area (Å²) in [5, 5.41) is 18.8. The topological polar surface area (TPSA) is 94.9 Å². The first-order valence-electron chi connectivity index (χ1n) is 6.56. The Labute approximate surface area is 140 Å². The third-order valence-corrected chi connectivity index (χ3v) is 4.87. The summed E-state index contributed by atoms with van der Waals surface area (Å²) in [6.07, 6.45) is 1.14. The molecule has 0 radical (unpaired) electrons. The van der Waals surface area contributed by atoms with E-state index in [-0.39, 0.29) is 10.8 Å². The van der Waals surface area contributed by atoms with Crippen LogP contribution >= 0.6 is 15.9 Å². The molecule has 0 aliphatic rings. The van der Waals surface area contributed by atoms with Gasteiger partial charge in [-0.2, -0.15) is 5.11 Å². The highest BCUT2D eigenvalue weighted by atomic mass is 79.9. The molecule has 0 unspecified atom stereocenters. The van der Waals surface area contributed by atoms with E-state index in [9.17, 15) is 13.5 Å². The zero-order chi connectivity index (χ0) is 16.6. The zero-order valence-corrected chi connectivity index (χ0v) is 14.4. The molecule has 0 atom stereocenters. The number of nitrogens with zero attached hydrogens (tertiary/aromatic N) is 2. The van der Waals surface area contributed by atoms with Crippen LogP contribution in [-0.4, -0.2) is 24.8 Å². The summed E-state index contributed by atoms with van der Waals surface area (Å²) in [5.74, 6) is -0.0744. The first-order chi connectivity index (χ1) is 10.8. The average Bonchev–Trinajstić information content (AvgIpc) is 2.79. The van der Waals surface area contributed by atoms with E-state index in [0.717, 1.165) is 21.6 Å². The number of sulfone groups is 1. The van der Waals surface area contributed by atoms with Crippen LogP contribution in [-0.2, 0) is 9.84 Å². The lowest BCUT2D eigenvalue weighted by molar-refractivity contribution is 0.459. The summed E-state index contributed by atoms with van der Waals surface area (Å²) in [6, 6.07) is 11.5. The van der Waals surface area contributed by atoms with Gasteiger partial charge in [0.05, 0.1) is 16.1 Å². The van der Waals surface area contributed by atoms with Crippen LogP contribution in [0.15, 0.2) is 62.1 Å². The van der Waals surface area contributed by atoms with E-state index < -0.39 is 9.84 Å². The van der Waals surface area contributed by atoms with E-state index in [0.29, 0.717) is 11.4 Å². The Hall–Kier alpha value is -2.19. The van der Waals surface area contributed by atoms with Gasteiger partial charge in [-0.3, -0.25) is 0 Å². The number of azo groups is 1. The van der Waals surface area contributed by atoms with Gasteiger partial charge in [-0.05, 0) is 42.5 Å². The fourth-order valence-corrected chi connectivity index (χ4v) is 3.10. The monoisotopic (exact) mass is 393 g/mol. The second-order valence-corrected chi connectivity index (χ2v) is 7.91. The van der Waals surface area contributed by atoms with E-state index in [1.165, 1.54) is 12.1 Å². The molecule has 0 amide bonds. The molecule has 3 aromatic rings. The van der Waals surface area contributed by atoms with Crippen molar-refractivity contribution >= 4 is 48.0 Å². The molecule has 0 aliphatic heterocycles. The number of rotatable bonds is 3. The standard InChI is InChI=1S/C15H12BrN3O3S/c1-23(21,22)11-5-3-10(4-6-11)18-19-14-12-8-9(16)2-7-13(12)17-15(14)20/h2-8,17,20H,1H3. The van der Waals surface area contributed by atoms with Gasteiger partial charge in [-0.15, -0.1) is 5.11 Å². The molecule has 1 heterocycles. The Balaban J connectivity index is 1.97. The van der Waals surface area contributed by atoms with Crippen molar-refractivity contribution < 1.29 is 13.5 Å². The Bertz CT molecular complexity index is 1010. The lowest BCUT2D eigenvalue weighted by Crippen LogP contribution is -1.95. The van der Waals surface area contributed by atoms with Crippen molar-refractivity contribution in [3.05, 3.63) is 46.9 Å². The Morgan fingerprint density at radius 3 is 2.43 bits per heavy atom. The molecule has 1 aromatic heterocycles. The highest BCUT2D eigenvalue weighted by Crippen LogP contribution is 2.37. The number of hydrogen-bond acceptors (Lipinski definition) is 5. The second kappa shape index (κ2) is 5.78. The van der Waals surface area contributed by atoms with E-state index >= 15 is 0 Å². The number of aromatic nitrogens is 1. The zero-order valence-electron chi connectivity index (χ0n) is 12.0. The van der Waals surface area contributed by atoms with Gasteiger partial charge in [0, 0.05) is 16.1 Å². The molecule has 118 valence electrons. The van der Waals surface area contributed by atoms with Crippen LogP contribution in [0.1, 0.15) is 0 Å². The predicted octanol–water partition coefficient (Wildman–Crippen LogP) is 4.45. The molecule has 23 heavy (non-hydrogen) atoms. The smallest absolute Gasteiger partial charge is 0.218 e. The Morgan fingerprint density at radius 1 is 1.09 bits per heavy atom. The minimum Gasteiger partial charge on any atom is -0.493 e. The first-order valence-corrected chi connectivity index (χ1v) is 9.25. The quantitative estimate of drug-likeness (QED) is 0.643. The van der Waals surface area contributed by atoms with Crippen LogP contribution in [0.4, 0.5) is 11.4 Å². The van der Waals surface area contributed by atoms with Crippen molar-refractivity contribution in [3.8, 4) is 5.88 Å². The third kappa shape index (κ3) is 3.27. The van der Waals surface area contributed by atoms with E-state index in [1.54, 1.807) is 12.1 Å². The van der Waals surface area contributed by atoms with Gasteiger partial charge in [-0.25, -0.2) is 8.42 Å². The normalized spacial score (nSPS) is 12.3. The molecule has 3 rings (SSSR count). The van der Waals surface area contributed by atoms with Gasteiger partial charge in [0.25, 0.3) is 0 Å². The SMILES string of the molecule is CS(=O)(=O)c1ccc(N=Nc2c(O)[nH]c3ccc(Br)cc23)cc1. The number of fused-ring (bicyclic) bond motifs is 1. The van der Waals surface area contributed by atoms with E-state index in [1.807, 2.05) is 18.2 Å². The van der Waals surface area contributed by atoms with Crippen LogP contribution in [0.2, 0.25) is 0 Å². The number of benzene rings is 2.